The number of phenols is 2. The first kappa shape index (κ1) is 31.3. The van der Waals surface area contributed by atoms with Crippen molar-refractivity contribution in [1.29, 1.82) is 0 Å². The molecule has 4 bridgehead atoms. The summed E-state index contributed by atoms with van der Waals surface area (Å²) in [6.45, 7) is 9.82. The fourth-order valence-corrected chi connectivity index (χ4v) is 11.6. The van der Waals surface area contributed by atoms with E-state index in [1.807, 2.05) is 26.0 Å². The number of esters is 1. The maximum absolute atomic E-state index is 14.5. The van der Waals surface area contributed by atoms with Crippen LogP contribution in [0.25, 0.3) is 0 Å². The van der Waals surface area contributed by atoms with Crippen molar-refractivity contribution in [2.45, 2.75) is 75.5 Å². The molecule has 0 amide bonds. The highest BCUT2D eigenvalue weighted by Gasteiger charge is 2.58. The molecule has 6 atom stereocenters. The Hall–Kier alpha value is -3.64. The van der Waals surface area contributed by atoms with Crippen molar-refractivity contribution in [3.8, 4) is 28.7 Å². The molecule has 7 heterocycles. The van der Waals surface area contributed by atoms with Crippen molar-refractivity contribution >= 4 is 17.7 Å². The topological polar surface area (TPSA) is 113 Å². The molecule has 258 valence electrons. The molecule has 2 fully saturated rings. The molecule has 10 rings (SSSR count). The van der Waals surface area contributed by atoms with Crippen molar-refractivity contribution in [2.75, 3.05) is 46.4 Å². The van der Waals surface area contributed by atoms with Gasteiger partial charge in [-0.3, -0.25) is 15.1 Å². The van der Waals surface area contributed by atoms with Gasteiger partial charge >= 0.3 is 5.97 Å². The van der Waals surface area contributed by atoms with E-state index in [9.17, 15) is 15.0 Å². The standard InChI is InChI=1S/C38H43N3O7S/c1-17-10-24-21(12-26(17)42)7-8-39-38(24)15-49-36-27-19(3)20(4)34-35(48-16-47-34)29(27)25(14-46-37(38)44)41-13-23-11-22-9-18(2)33(45-6)32(43)28(22)30(31(36)41)40(23)5/h9-10,12,23,25,30-31,36,39,42-43H,7-8,11,13-16H2,1-6H3/t23-,25-,30+,31+,36+,38+/m0/s1. The number of aryl methyl sites for hydroxylation is 2. The minimum absolute atomic E-state index is 0.0712. The number of phenolic OH excluding ortho intramolecular Hbond substituents is 2. The van der Waals surface area contributed by atoms with E-state index in [1.165, 1.54) is 11.1 Å². The second-order valence-corrected chi connectivity index (χ2v) is 15.8. The molecule has 3 aromatic carbocycles. The van der Waals surface area contributed by atoms with E-state index >= 15 is 0 Å². The van der Waals surface area contributed by atoms with Gasteiger partial charge in [0.05, 0.1) is 19.2 Å². The number of hydrogen-bond acceptors (Lipinski definition) is 11. The number of fused-ring (bicyclic) bond motifs is 9. The first-order valence-corrected chi connectivity index (χ1v) is 18.3. The average Bonchev–Trinajstić information content (AvgIpc) is 3.56. The zero-order chi connectivity index (χ0) is 34.1. The fraction of sp³-hybridized carbons (Fsp3) is 0.500. The minimum atomic E-state index is -1.09. The number of rotatable bonds is 1. The van der Waals surface area contributed by atoms with E-state index in [0.29, 0.717) is 24.5 Å². The Morgan fingerprint density at radius 3 is 2.57 bits per heavy atom. The molecule has 1 spiro atoms. The molecule has 10 nitrogen and oxygen atoms in total. The number of hydrogen-bond donors (Lipinski definition) is 3. The Morgan fingerprint density at radius 2 is 1.78 bits per heavy atom. The van der Waals surface area contributed by atoms with Gasteiger partial charge in [-0.15, -0.1) is 11.8 Å². The zero-order valence-corrected chi connectivity index (χ0v) is 29.6. The predicted octanol–water partition coefficient (Wildman–Crippen LogP) is 4.78. The molecular formula is C38H43N3O7S. The third-order valence-corrected chi connectivity index (χ3v) is 13.8. The Bertz CT molecular complexity index is 1950. The molecule has 7 aliphatic heterocycles. The van der Waals surface area contributed by atoms with Crippen molar-refractivity contribution in [3.63, 3.8) is 0 Å². The van der Waals surface area contributed by atoms with Crippen LogP contribution in [0.4, 0.5) is 0 Å². The average molecular weight is 686 g/mol. The minimum Gasteiger partial charge on any atom is -0.508 e. The summed E-state index contributed by atoms with van der Waals surface area (Å²) in [4.78, 5) is 19.5. The van der Waals surface area contributed by atoms with Crippen LogP contribution in [0.2, 0.25) is 0 Å². The molecule has 49 heavy (non-hydrogen) atoms. The lowest BCUT2D eigenvalue weighted by atomic mass is 9.73. The zero-order valence-electron chi connectivity index (χ0n) is 28.8. The molecule has 11 heteroatoms. The van der Waals surface area contributed by atoms with Crippen LogP contribution in [-0.4, -0.2) is 84.5 Å². The summed E-state index contributed by atoms with van der Waals surface area (Å²) < 4.78 is 24.6. The molecular weight excluding hydrogens is 642 g/mol. The molecule has 0 aliphatic carbocycles. The van der Waals surface area contributed by atoms with Crippen LogP contribution in [0.1, 0.15) is 73.0 Å². The van der Waals surface area contributed by atoms with Crippen molar-refractivity contribution < 1.29 is 34.0 Å². The number of carbonyl (C=O) groups excluding carboxylic acids is 1. The summed E-state index contributed by atoms with van der Waals surface area (Å²) in [5.74, 6) is 2.63. The number of nitrogens with one attached hydrogen (secondary N) is 1. The number of benzene rings is 3. The number of likely N-dealkylation sites (N-methyl/N-ethyl adjacent to an activating group) is 1. The van der Waals surface area contributed by atoms with E-state index in [1.54, 1.807) is 18.9 Å². The van der Waals surface area contributed by atoms with Crippen LogP contribution >= 0.6 is 11.8 Å². The Kier molecular flexibility index (Phi) is 6.99. The smallest absolute Gasteiger partial charge is 0.331 e. The van der Waals surface area contributed by atoms with Gasteiger partial charge in [-0.25, -0.2) is 4.79 Å². The molecule has 0 radical (unpaired) electrons. The number of carbonyl (C=O) groups is 1. The molecule has 3 aromatic rings. The number of methoxy groups -OCH3 is 1. The van der Waals surface area contributed by atoms with Crippen molar-refractivity contribution in [2.24, 2.45) is 0 Å². The SMILES string of the molecule is COc1c(C)cc2c(c1O)[C@@H]1[C@@H]3[C@@H]4SC[C@]5(NCCc6cc(O)c(C)cc65)C(=O)OC[C@@H](c5c6c(c(C)c(C)c54)OCO6)N3C[C@H](C2)N1C. The highest BCUT2D eigenvalue weighted by atomic mass is 32.2. The number of aromatic hydroxyl groups is 2. The Labute approximate surface area is 290 Å². The lowest BCUT2D eigenvalue weighted by Gasteiger charge is -2.60. The molecule has 2 saturated heterocycles. The van der Waals surface area contributed by atoms with E-state index in [2.05, 4.69) is 42.1 Å². The number of piperazine rings is 1. The summed E-state index contributed by atoms with van der Waals surface area (Å²) in [5, 5.41) is 26.1. The second kappa shape index (κ2) is 10.9. The fourth-order valence-electron chi connectivity index (χ4n) is 9.84. The van der Waals surface area contributed by atoms with Gasteiger partial charge in [-0.05, 0) is 104 Å². The van der Waals surface area contributed by atoms with Crippen molar-refractivity contribution in [1.82, 2.24) is 15.1 Å². The summed E-state index contributed by atoms with van der Waals surface area (Å²) in [7, 11) is 3.81. The maximum Gasteiger partial charge on any atom is 0.331 e. The van der Waals surface area contributed by atoms with Gasteiger partial charge < -0.3 is 29.2 Å². The number of ether oxygens (including phenoxy) is 4. The third kappa shape index (κ3) is 4.16. The molecule has 3 N–H and O–H groups in total. The van der Waals surface area contributed by atoms with Gasteiger partial charge in [0.25, 0.3) is 0 Å². The van der Waals surface area contributed by atoms with Gasteiger partial charge in [-0.1, -0.05) is 6.07 Å². The lowest BCUT2D eigenvalue weighted by molar-refractivity contribution is -0.156. The quantitative estimate of drug-likeness (QED) is 0.308. The summed E-state index contributed by atoms with van der Waals surface area (Å²) in [5.41, 5.74) is 8.99. The van der Waals surface area contributed by atoms with Crippen LogP contribution < -0.4 is 19.5 Å². The maximum atomic E-state index is 14.5. The molecule has 0 saturated carbocycles. The number of nitrogens with zero attached hydrogens (tertiary/aromatic N) is 2. The van der Waals surface area contributed by atoms with Crippen LogP contribution in [0.3, 0.4) is 0 Å². The summed E-state index contributed by atoms with van der Waals surface area (Å²) in [6, 6.07) is 5.66. The van der Waals surface area contributed by atoms with Crippen LogP contribution in [-0.2, 0) is 27.9 Å². The lowest BCUT2D eigenvalue weighted by Crippen LogP contribution is -2.65. The summed E-state index contributed by atoms with van der Waals surface area (Å²) in [6.07, 6.45) is 1.50. The van der Waals surface area contributed by atoms with Gasteiger partial charge in [0.15, 0.2) is 28.5 Å². The largest absolute Gasteiger partial charge is 0.508 e. The normalized spacial score (nSPS) is 29.9. The van der Waals surface area contributed by atoms with E-state index in [-0.39, 0.29) is 60.3 Å². The van der Waals surface area contributed by atoms with Crippen LogP contribution in [0.5, 0.6) is 28.7 Å². The highest BCUT2D eigenvalue weighted by Crippen LogP contribution is 2.62. The van der Waals surface area contributed by atoms with Crippen LogP contribution in [0, 0.1) is 27.7 Å². The Balaban J connectivity index is 1.28. The number of thioether (sulfide) groups is 1. The van der Waals surface area contributed by atoms with Gasteiger partial charge in [0.1, 0.15) is 12.4 Å². The van der Waals surface area contributed by atoms with Gasteiger partial charge in [-0.2, -0.15) is 0 Å². The Morgan fingerprint density at radius 1 is 0.980 bits per heavy atom. The predicted molar refractivity (Wildman–Crippen MR) is 185 cm³/mol. The van der Waals surface area contributed by atoms with Gasteiger partial charge in [0.2, 0.25) is 6.79 Å². The first-order chi connectivity index (χ1) is 23.6. The van der Waals surface area contributed by atoms with E-state index < -0.39 is 5.54 Å². The third-order valence-electron chi connectivity index (χ3n) is 12.3. The molecule has 7 aliphatic rings. The molecule has 0 unspecified atom stereocenters. The van der Waals surface area contributed by atoms with Crippen LogP contribution in [0.15, 0.2) is 18.2 Å². The molecule has 0 aromatic heterocycles. The first-order valence-electron chi connectivity index (χ1n) is 17.2. The van der Waals surface area contributed by atoms with E-state index in [0.717, 1.165) is 69.0 Å². The highest BCUT2D eigenvalue weighted by molar-refractivity contribution is 7.99. The van der Waals surface area contributed by atoms with Gasteiger partial charge in [0, 0.05) is 47.3 Å². The van der Waals surface area contributed by atoms with Crippen molar-refractivity contribution in [3.05, 3.63) is 73.8 Å². The monoisotopic (exact) mass is 685 g/mol. The second-order valence-electron chi connectivity index (χ2n) is 14.7. The summed E-state index contributed by atoms with van der Waals surface area (Å²) >= 11 is 1.77. The van der Waals surface area contributed by atoms with E-state index in [4.69, 9.17) is 18.9 Å².